The number of aryl methyl sites for hydroxylation is 1. The number of nitrogens with zero attached hydrogens (tertiary/aromatic N) is 2. The number of aromatic amines is 1. The van der Waals surface area contributed by atoms with Gasteiger partial charge in [-0.05, 0) is 6.92 Å². The second kappa shape index (κ2) is 5.53. The largest absolute Gasteiger partial charge is 0.476 e. The third kappa shape index (κ3) is 3.59. The molecule has 0 unspecified atom stereocenters. The topological polar surface area (TPSA) is 105 Å². The summed E-state index contributed by atoms with van der Waals surface area (Å²) < 4.78 is 0.741. The number of nitrogens with one attached hydrogen (secondary N) is 1. The number of carbonyl (C=O) groups is 1. The Morgan fingerprint density at radius 1 is 1.60 bits per heavy atom. The summed E-state index contributed by atoms with van der Waals surface area (Å²) in [7, 11) is 1.24. The first-order valence-electron chi connectivity index (χ1n) is 3.92. The number of aromatic carboxylic acids is 1. The van der Waals surface area contributed by atoms with Gasteiger partial charge in [-0.25, -0.2) is 14.3 Å². The van der Waals surface area contributed by atoms with E-state index in [1.165, 1.54) is 7.05 Å². The highest BCUT2D eigenvalue weighted by Crippen LogP contribution is 1.77. The maximum Gasteiger partial charge on any atom is 0.362 e. The van der Waals surface area contributed by atoms with Crippen molar-refractivity contribution in [3.8, 4) is 0 Å². The van der Waals surface area contributed by atoms with Crippen LogP contribution in [0.1, 0.15) is 17.4 Å². The van der Waals surface area contributed by atoms with E-state index in [0.717, 1.165) is 4.68 Å². The molecule has 0 atom stereocenters. The molecule has 7 nitrogen and oxygen atoms in total. The fraction of sp³-hybridized carbons (Fsp3) is 0.250. The van der Waals surface area contributed by atoms with E-state index in [-0.39, 0.29) is 0 Å². The quantitative estimate of drug-likeness (QED) is 0.603. The second-order valence-corrected chi connectivity index (χ2v) is 2.44. The van der Waals surface area contributed by atoms with Crippen LogP contribution in [0.5, 0.6) is 0 Å². The highest BCUT2D eigenvalue weighted by atomic mass is 16.4. The first-order chi connectivity index (χ1) is 6.93. The van der Waals surface area contributed by atoms with Gasteiger partial charge in [0, 0.05) is 7.05 Å². The van der Waals surface area contributed by atoms with Crippen molar-refractivity contribution >= 4 is 5.97 Å². The zero-order chi connectivity index (χ0) is 12.0. The third-order valence-corrected chi connectivity index (χ3v) is 1.18. The number of H-pyrrole nitrogens is 1. The Hall–Kier alpha value is -2.18. The molecule has 0 aliphatic rings. The Bertz CT molecular complexity index is 472. The molecular formula is C8H11N3O4. The SMILES string of the molecule is C=CC.Cn1nc(C(=O)O)c(=O)[nH]c1=O. The van der Waals surface area contributed by atoms with Crippen LogP contribution < -0.4 is 11.2 Å². The molecule has 1 aromatic heterocycles. The number of carboxylic acids is 1. The summed E-state index contributed by atoms with van der Waals surface area (Å²) in [6.45, 7) is 5.25. The van der Waals surface area contributed by atoms with Crippen molar-refractivity contribution in [2.24, 2.45) is 7.05 Å². The number of hydrogen-bond donors (Lipinski definition) is 2. The lowest BCUT2D eigenvalue weighted by Crippen LogP contribution is -2.34. The van der Waals surface area contributed by atoms with Crippen molar-refractivity contribution in [3.63, 3.8) is 0 Å². The molecule has 82 valence electrons. The zero-order valence-electron chi connectivity index (χ0n) is 8.35. The number of carboxylic acid groups (broad SMARTS) is 1. The molecule has 0 saturated carbocycles. The van der Waals surface area contributed by atoms with E-state index < -0.39 is 22.9 Å². The predicted molar refractivity (Wildman–Crippen MR) is 52.9 cm³/mol. The van der Waals surface area contributed by atoms with Crippen molar-refractivity contribution in [2.75, 3.05) is 0 Å². The molecule has 1 rings (SSSR count). The van der Waals surface area contributed by atoms with Crippen LogP contribution in [-0.2, 0) is 7.05 Å². The molecule has 0 aliphatic carbocycles. The fourth-order valence-electron chi connectivity index (χ4n) is 0.618. The Kier molecular flexibility index (Phi) is 4.73. The summed E-state index contributed by atoms with van der Waals surface area (Å²) >= 11 is 0. The Balaban J connectivity index is 0.000000583. The summed E-state index contributed by atoms with van der Waals surface area (Å²) in [5.74, 6) is -1.47. The van der Waals surface area contributed by atoms with Gasteiger partial charge in [0.25, 0.3) is 5.56 Å². The molecule has 1 aromatic rings. The van der Waals surface area contributed by atoms with Crippen LogP contribution in [0.4, 0.5) is 0 Å². The molecule has 0 radical (unpaired) electrons. The van der Waals surface area contributed by atoms with Crippen molar-refractivity contribution in [1.29, 1.82) is 0 Å². The van der Waals surface area contributed by atoms with Gasteiger partial charge in [-0.2, -0.15) is 5.10 Å². The average molecular weight is 213 g/mol. The van der Waals surface area contributed by atoms with Crippen LogP contribution in [0.25, 0.3) is 0 Å². The minimum Gasteiger partial charge on any atom is -0.476 e. The lowest BCUT2D eigenvalue weighted by atomic mass is 10.5. The monoisotopic (exact) mass is 213 g/mol. The van der Waals surface area contributed by atoms with Crippen LogP contribution in [0.15, 0.2) is 22.2 Å². The fourth-order valence-corrected chi connectivity index (χ4v) is 0.618. The van der Waals surface area contributed by atoms with Crippen molar-refractivity contribution in [1.82, 2.24) is 14.8 Å². The molecule has 0 bridgehead atoms. The maximum atomic E-state index is 10.7. The standard InChI is InChI=1S/C5H5N3O4.C3H6/c1-8-5(12)6-3(9)2(7-8)4(10)11;1-3-2/h1H3,(H,10,11)(H,6,9,12);3H,1H2,2H3. The van der Waals surface area contributed by atoms with Gasteiger partial charge in [0.1, 0.15) is 0 Å². The number of hydrogen-bond acceptors (Lipinski definition) is 4. The van der Waals surface area contributed by atoms with Gasteiger partial charge in [0.05, 0.1) is 0 Å². The van der Waals surface area contributed by atoms with E-state index in [0.29, 0.717) is 0 Å². The molecule has 7 heteroatoms. The Morgan fingerprint density at radius 2 is 2.07 bits per heavy atom. The van der Waals surface area contributed by atoms with Gasteiger partial charge in [-0.3, -0.25) is 9.78 Å². The highest BCUT2D eigenvalue weighted by molar-refractivity contribution is 5.84. The van der Waals surface area contributed by atoms with Crippen LogP contribution in [0.2, 0.25) is 0 Å². The molecular weight excluding hydrogens is 202 g/mol. The van der Waals surface area contributed by atoms with Gasteiger partial charge >= 0.3 is 11.7 Å². The minimum absolute atomic E-state index is 0.697. The average Bonchev–Trinajstić information content (AvgIpc) is 2.12. The third-order valence-electron chi connectivity index (χ3n) is 1.18. The van der Waals surface area contributed by atoms with E-state index >= 15 is 0 Å². The van der Waals surface area contributed by atoms with Crippen LogP contribution in [0, 0.1) is 0 Å². The number of allylic oxidation sites excluding steroid dienone is 1. The van der Waals surface area contributed by atoms with Gasteiger partial charge in [-0.1, -0.05) is 6.08 Å². The second-order valence-electron chi connectivity index (χ2n) is 2.44. The van der Waals surface area contributed by atoms with E-state index in [2.05, 4.69) is 11.7 Å². The summed E-state index contributed by atoms with van der Waals surface area (Å²) in [6.07, 6.45) is 1.75. The molecule has 2 N–H and O–H groups in total. The molecule has 0 amide bonds. The van der Waals surface area contributed by atoms with Crippen LogP contribution in [0.3, 0.4) is 0 Å². The lowest BCUT2D eigenvalue weighted by Gasteiger charge is -1.94. The maximum absolute atomic E-state index is 10.7. The molecule has 0 saturated heterocycles. The highest BCUT2D eigenvalue weighted by Gasteiger charge is 2.11. The minimum atomic E-state index is -1.47. The molecule has 0 spiro atoms. The summed E-state index contributed by atoms with van der Waals surface area (Å²) in [4.78, 5) is 33.5. The first-order valence-corrected chi connectivity index (χ1v) is 3.92. The first kappa shape index (κ1) is 12.8. The number of rotatable bonds is 1. The van der Waals surface area contributed by atoms with Crippen molar-refractivity contribution in [3.05, 3.63) is 39.2 Å². The normalized spacial score (nSPS) is 8.67. The lowest BCUT2D eigenvalue weighted by molar-refractivity contribution is 0.0685. The Labute approximate surface area is 84.7 Å². The zero-order valence-corrected chi connectivity index (χ0v) is 8.35. The van der Waals surface area contributed by atoms with Gasteiger partial charge < -0.3 is 5.11 Å². The van der Waals surface area contributed by atoms with Crippen LogP contribution in [-0.4, -0.2) is 25.8 Å². The van der Waals surface area contributed by atoms with Gasteiger partial charge in [-0.15, -0.1) is 6.58 Å². The van der Waals surface area contributed by atoms with E-state index in [1.54, 1.807) is 11.1 Å². The molecule has 0 aromatic carbocycles. The molecule has 1 heterocycles. The smallest absolute Gasteiger partial charge is 0.362 e. The van der Waals surface area contributed by atoms with Gasteiger partial charge in [0.2, 0.25) is 5.69 Å². The van der Waals surface area contributed by atoms with Crippen LogP contribution >= 0.6 is 0 Å². The summed E-state index contributed by atoms with van der Waals surface area (Å²) in [5.41, 5.74) is -2.44. The molecule has 0 aliphatic heterocycles. The van der Waals surface area contributed by atoms with E-state index in [9.17, 15) is 14.4 Å². The van der Waals surface area contributed by atoms with E-state index in [1.807, 2.05) is 6.92 Å². The summed E-state index contributed by atoms with van der Waals surface area (Å²) in [5, 5.41) is 11.6. The van der Waals surface area contributed by atoms with E-state index in [4.69, 9.17) is 5.11 Å². The Morgan fingerprint density at radius 3 is 2.47 bits per heavy atom. The van der Waals surface area contributed by atoms with Crippen molar-refractivity contribution in [2.45, 2.75) is 6.92 Å². The molecule has 15 heavy (non-hydrogen) atoms. The van der Waals surface area contributed by atoms with Crippen molar-refractivity contribution < 1.29 is 9.90 Å². The molecule has 0 fully saturated rings. The summed E-state index contributed by atoms with van der Waals surface area (Å²) in [6, 6.07) is 0. The number of aromatic nitrogens is 3. The van der Waals surface area contributed by atoms with Gasteiger partial charge in [0.15, 0.2) is 0 Å². The predicted octanol–water partition coefficient (Wildman–Crippen LogP) is -0.641.